The molecule has 3 nitrogen and oxygen atoms in total. The SMILES string of the molecule is Cc1cc(CNC(=O)[C@@H](C)N)cs1. The maximum absolute atomic E-state index is 11.1. The summed E-state index contributed by atoms with van der Waals surface area (Å²) in [5.74, 6) is -0.108. The van der Waals surface area contributed by atoms with E-state index >= 15 is 0 Å². The number of hydrogen-bond acceptors (Lipinski definition) is 3. The van der Waals surface area contributed by atoms with Crippen molar-refractivity contribution in [1.82, 2.24) is 5.32 Å². The maximum Gasteiger partial charge on any atom is 0.236 e. The van der Waals surface area contributed by atoms with Gasteiger partial charge >= 0.3 is 0 Å². The summed E-state index contributed by atoms with van der Waals surface area (Å²) >= 11 is 1.68. The lowest BCUT2D eigenvalue weighted by Gasteiger charge is -2.05. The molecule has 0 aliphatic rings. The first-order valence-electron chi connectivity index (χ1n) is 4.17. The van der Waals surface area contributed by atoms with Crippen molar-refractivity contribution in [2.75, 3.05) is 0 Å². The van der Waals surface area contributed by atoms with Crippen molar-refractivity contribution in [2.24, 2.45) is 5.73 Å². The summed E-state index contributed by atoms with van der Waals surface area (Å²) in [4.78, 5) is 12.3. The highest BCUT2D eigenvalue weighted by Crippen LogP contribution is 2.12. The standard InChI is InChI=1S/C9H14N2OS/c1-6-3-8(5-13-6)4-11-9(12)7(2)10/h3,5,7H,4,10H2,1-2H3,(H,11,12)/t7-/m1/s1. The third-order valence-electron chi connectivity index (χ3n) is 1.67. The third-order valence-corrected chi connectivity index (χ3v) is 2.58. The van der Waals surface area contributed by atoms with Gasteiger partial charge in [-0.15, -0.1) is 11.3 Å². The Morgan fingerprint density at radius 3 is 2.92 bits per heavy atom. The summed E-state index contributed by atoms with van der Waals surface area (Å²) in [6.45, 7) is 4.29. The summed E-state index contributed by atoms with van der Waals surface area (Å²) in [5.41, 5.74) is 6.53. The van der Waals surface area contributed by atoms with E-state index in [-0.39, 0.29) is 5.91 Å². The van der Waals surface area contributed by atoms with Crippen molar-refractivity contribution in [3.8, 4) is 0 Å². The maximum atomic E-state index is 11.1. The van der Waals surface area contributed by atoms with Crippen molar-refractivity contribution in [3.05, 3.63) is 21.9 Å². The average molecular weight is 198 g/mol. The number of nitrogens with two attached hydrogens (primary N) is 1. The van der Waals surface area contributed by atoms with E-state index in [1.807, 2.05) is 12.3 Å². The number of rotatable bonds is 3. The van der Waals surface area contributed by atoms with Gasteiger partial charge in [-0.05, 0) is 30.9 Å². The first-order valence-corrected chi connectivity index (χ1v) is 5.05. The molecule has 0 aromatic carbocycles. The predicted octanol–water partition coefficient (Wildman–Crippen LogP) is 1.02. The highest BCUT2D eigenvalue weighted by Gasteiger charge is 2.06. The minimum atomic E-state index is -0.431. The topological polar surface area (TPSA) is 55.1 Å². The van der Waals surface area contributed by atoms with E-state index in [0.29, 0.717) is 6.54 Å². The molecule has 0 radical (unpaired) electrons. The molecule has 1 heterocycles. The monoisotopic (exact) mass is 198 g/mol. The minimum Gasteiger partial charge on any atom is -0.351 e. The van der Waals surface area contributed by atoms with E-state index < -0.39 is 6.04 Å². The van der Waals surface area contributed by atoms with Gasteiger partial charge in [0, 0.05) is 11.4 Å². The van der Waals surface area contributed by atoms with Crippen molar-refractivity contribution in [2.45, 2.75) is 26.4 Å². The predicted molar refractivity (Wildman–Crippen MR) is 54.6 cm³/mol. The van der Waals surface area contributed by atoms with E-state index in [0.717, 1.165) is 5.56 Å². The molecule has 0 fully saturated rings. The van der Waals surface area contributed by atoms with Crippen molar-refractivity contribution < 1.29 is 4.79 Å². The molecular weight excluding hydrogens is 184 g/mol. The fourth-order valence-electron chi connectivity index (χ4n) is 0.941. The lowest BCUT2D eigenvalue weighted by Crippen LogP contribution is -2.37. The second kappa shape index (κ2) is 4.39. The number of carbonyl (C=O) groups is 1. The highest BCUT2D eigenvalue weighted by atomic mass is 32.1. The number of aryl methyl sites for hydroxylation is 1. The van der Waals surface area contributed by atoms with Crippen LogP contribution in [0.3, 0.4) is 0 Å². The molecule has 0 aliphatic carbocycles. The molecule has 1 atom stereocenters. The van der Waals surface area contributed by atoms with Crippen LogP contribution in [-0.4, -0.2) is 11.9 Å². The second-order valence-corrected chi connectivity index (χ2v) is 4.19. The Balaban J connectivity index is 2.39. The van der Waals surface area contributed by atoms with Crippen LogP contribution < -0.4 is 11.1 Å². The molecule has 0 unspecified atom stereocenters. The van der Waals surface area contributed by atoms with Gasteiger partial charge in [-0.3, -0.25) is 4.79 Å². The molecule has 0 saturated carbocycles. The van der Waals surface area contributed by atoms with Crippen LogP contribution in [0.4, 0.5) is 0 Å². The zero-order valence-electron chi connectivity index (χ0n) is 7.83. The second-order valence-electron chi connectivity index (χ2n) is 3.07. The fourth-order valence-corrected chi connectivity index (χ4v) is 1.65. The molecule has 13 heavy (non-hydrogen) atoms. The zero-order chi connectivity index (χ0) is 9.84. The van der Waals surface area contributed by atoms with Gasteiger partial charge in [0.25, 0.3) is 0 Å². The van der Waals surface area contributed by atoms with E-state index in [1.54, 1.807) is 18.3 Å². The average Bonchev–Trinajstić information content (AvgIpc) is 2.47. The zero-order valence-corrected chi connectivity index (χ0v) is 8.65. The van der Waals surface area contributed by atoms with E-state index in [9.17, 15) is 4.79 Å². The van der Waals surface area contributed by atoms with Gasteiger partial charge in [0.15, 0.2) is 0 Å². The van der Waals surface area contributed by atoms with Crippen LogP contribution in [0.1, 0.15) is 17.4 Å². The third kappa shape index (κ3) is 3.16. The van der Waals surface area contributed by atoms with Gasteiger partial charge in [-0.25, -0.2) is 0 Å². The molecule has 0 aliphatic heterocycles. The van der Waals surface area contributed by atoms with Crippen molar-refractivity contribution in [1.29, 1.82) is 0 Å². The Morgan fingerprint density at radius 1 is 1.77 bits per heavy atom. The van der Waals surface area contributed by atoms with E-state index in [4.69, 9.17) is 5.73 Å². The Morgan fingerprint density at radius 2 is 2.46 bits per heavy atom. The molecule has 1 amide bonds. The van der Waals surface area contributed by atoms with Gasteiger partial charge < -0.3 is 11.1 Å². The normalized spacial score (nSPS) is 12.5. The molecule has 72 valence electrons. The lowest BCUT2D eigenvalue weighted by atomic mass is 10.3. The van der Waals surface area contributed by atoms with Gasteiger partial charge in [0.05, 0.1) is 6.04 Å². The number of nitrogens with one attached hydrogen (secondary N) is 1. The molecule has 0 bridgehead atoms. The lowest BCUT2D eigenvalue weighted by molar-refractivity contribution is -0.122. The molecule has 0 saturated heterocycles. The van der Waals surface area contributed by atoms with Crippen LogP contribution in [-0.2, 0) is 11.3 Å². The smallest absolute Gasteiger partial charge is 0.236 e. The molecule has 1 rings (SSSR count). The summed E-state index contributed by atoms with van der Waals surface area (Å²) in [5, 5.41) is 4.79. The van der Waals surface area contributed by atoms with Crippen molar-refractivity contribution >= 4 is 17.2 Å². The fraction of sp³-hybridized carbons (Fsp3) is 0.444. The number of thiophene rings is 1. The summed E-state index contributed by atoms with van der Waals surface area (Å²) in [7, 11) is 0. The van der Waals surface area contributed by atoms with E-state index in [1.165, 1.54) is 4.88 Å². The Labute approximate surface area is 81.9 Å². The molecular formula is C9H14N2OS. The van der Waals surface area contributed by atoms with Crippen LogP contribution in [0, 0.1) is 6.92 Å². The Hall–Kier alpha value is -0.870. The van der Waals surface area contributed by atoms with Crippen LogP contribution >= 0.6 is 11.3 Å². The summed E-state index contributed by atoms with van der Waals surface area (Å²) in [6.07, 6.45) is 0. The van der Waals surface area contributed by atoms with Crippen LogP contribution in [0.2, 0.25) is 0 Å². The van der Waals surface area contributed by atoms with Gasteiger partial charge in [0.2, 0.25) is 5.91 Å². The van der Waals surface area contributed by atoms with Crippen LogP contribution in [0.15, 0.2) is 11.4 Å². The number of hydrogen-bond donors (Lipinski definition) is 2. The molecule has 3 N–H and O–H groups in total. The first-order chi connectivity index (χ1) is 6.09. The Kier molecular flexibility index (Phi) is 3.45. The van der Waals surface area contributed by atoms with Crippen LogP contribution in [0.25, 0.3) is 0 Å². The largest absolute Gasteiger partial charge is 0.351 e. The first kappa shape index (κ1) is 10.2. The molecule has 1 aromatic rings. The molecule has 1 aromatic heterocycles. The Bertz CT molecular complexity index is 294. The van der Waals surface area contributed by atoms with Crippen LogP contribution in [0.5, 0.6) is 0 Å². The van der Waals surface area contributed by atoms with E-state index in [2.05, 4.69) is 11.4 Å². The molecule has 0 spiro atoms. The van der Waals surface area contributed by atoms with Crippen molar-refractivity contribution in [3.63, 3.8) is 0 Å². The highest BCUT2D eigenvalue weighted by molar-refractivity contribution is 7.10. The number of amides is 1. The molecule has 4 heteroatoms. The van der Waals surface area contributed by atoms with Gasteiger partial charge in [0.1, 0.15) is 0 Å². The summed E-state index contributed by atoms with van der Waals surface area (Å²) in [6, 6.07) is 1.63. The number of carbonyl (C=O) groups excluding carboxylic acids is 1. The van der Waals surface area contributed by atoms with Gasteiger partial charge in [-0.1, -0.05) is 0 Å². The quantitative estimate of drug-likeness (QED) is 0.762. The van der Waals surface area contributed by atoms with Gasteiger partial charge in [-0.2, -0.15) is 0 Å². The summed E-state index contributed by atoms with van der Waals surface area (Å²) < 4.78 is 0. The minimum absolute atomic E-state index is 0.108.